The normalized spacial score (nSPS) is 15.6. The largest absolute Gasteiger partial charge is 0.379 e. The molecule has 27 heavy (non-hydrogen) atoms. The van der Waals surface area contributed by atoms with E-state index in [2.05, 4.69) is 20.5 Å². The number of carbonyl (C=O) groups excluding carboxylic acids is 1. The number of halogens is 1. The lowest BCUT2D eigenvalue weighted by Crippen LogP contribution is -2.40. The Bertz CT molecular complexity index is 928. The van der Waals surface area contributed by atoms with Gasteiger partial charge in [0.25, 0.3) is 5.91 Å². The zero-order valence-corrected chi connectivity index (χ0v) is 16.8. The summed E-state index contributed by atoms with van der Waals surface area (Å²) in [5.74, 6) is 0.370. The molecule has 1 aromatic carbocycles. The van der Waals surface area contributed by atoms with Gasteiger partial charge in [-0.3, -0.25) is 10.1 Å². The average molecular weight is 432 g/mol. The van der Waals surface area contributed by atoms with Crippen LogP contribution in [0.1, 0.15) is 17.3 Å². The van der Waals surface area contributed by atoms with Crippen molar-refractivity contribution in [3.05, 3.63) is 28.8 Å². The highest BCUT2D eigenvalue weighted by atomic mass is 35.5. The van der Waals surface area contributed by atoms with E-state index in [0.29, 0.717) is 18.4 Å². The van der Waals surface area contributed by atoms with E-state index in [9.17, 15) is 13.2 Å². The lowest BCUT2D eigenvalue weighted by atomic mass is 10.2. The number of sulfonamides is 1. The first kappa shape index (κ1) is 20.1. The van der Waals surface area contributed by atoms with Crippen LogP contribution in [0, 0.1) is 0 Å². The van der Waals surface area contributed by atoms with Crippen LogP contribution in [-0.2, 0) is 14.8 Å². The molecule has 1 aliphatic rings. The van der Waals surface area contributed by atoms with Crippen LogP contribution in [0.5, 0.6) is 0 Å². The van der Waals surface area contributed by atoms with Gasteiger partial charge in [-0.2, -0.15) is 9.29 Å². The molecule has 0 atom stereocenters. The van der Waals surface area contributed by atoms with Crippen molar-refractivity contribution in [2.75, 3.05) is 37.4 Å². The Morgan fingerprint density at radius 3 is 2.85 bits per heavy atom. The predicted octanol–water partition coefficient (Wildman–Crippen LogP) is 1.84. The first-order valence-corrected chi connectivity index (χ1v) is 11.0. The number of benzene rings is 1. The van der Waals surface area contributed by atoms with Gasteiger partial charge in [-0.15, -0.1) is 5.10 Å². The summed E-state index contributed by atoms with van der Waals surface area (Å²) in [6.45, 7) is 3.16. The first-order valence-electron chi connectivity index (χ1n) is 8.16. The summed E-state index contributed by atoms with van der Waals surface area (Å²) in [6.07, 6.45) is 0. The number of H-pyrrole nitrogens is 1. The zero-order chi connectivity index (χ0) is 19.4. The molecule has 1 amide bonds. The molecule has 12 heteroatoms. The molecular weight excluding hydrogens is 414 g/mol. The molecule has 0 bridgehead atoms. The van der Waals surface area contributed by atoms with Crippen molar-refractivity contribution in [3.8, 4) is 0 Å². The fraction of sp³-hybridized carbons (Fsp3) is 0.400. The number of thioether (sulfide) groups is 1. The maximum Gasteiger partial charge on any atom is 0.259 e. The molecule has 0 radical (unpaired) electrons. The van der Waals surface area contributed by atoms with E-state index >= 15 is 0 Å². The highest BCUT2D eigenvalue weighted by molar-refractivity contribution is 7.99. The molecule has 1 aromatic heterocycles. The Kier molecular flexibility index (Phi) is 6.37. The Hall–Kier alpha value is -1.66. The van der Waals surface area contributed by atoms with Crippen LogP contribution in [0.25, 0.3) is 0 Å². The lowest BCUT2D eigenvalue weighted by molar-refractivity contribution is 0.0730. The van der Waals surface area contributed by atoms with Gasteiger partial charge in [0.1, 0.15) is 0 Å². The summed E-state index contributed by atoms with van der Waals surface area (Å²) >= 11 is 7.53. The molecule has 9 nitrogen and oxygen atoms in total. The average Bonchev–Trinajstić information content (AvgIpc) is 3.10. The van der Waals surface area contributed by atoms with Crippen molar-refractivity contribution >= 4 is 45.2 Å². The van der Waals surface area contributed by atoms with Gasteiger partial charge in [-0.05, 0) is 24.0 Å². The number of aromatic amines is 1. The number of carbonyl (C=O) groups is 1. The molecule has 1 saturated heterocycles. The van der Waals surface area contributed by atoms with Gasteiger partial charge in [0.05, 0.1) is 28.7 Å². The van der Waals surface area contributed by atoms with E-state index in [1.165, 1.54) is 34.3 Å². The summed E-state index contributed by atoms with van der Waals surface area (Å²) in [7, 11) is -3.74. The van der Waals surface area contributed by atoms with Gasteiger partial charge in [0.2, 0.25) is 21.1 Å². The SMILES string of the molecule is CCSc1n[nH]c(NC(=O)c2cc(S(=O)(=O)N3CCOCC3)ccc2Cl)n1. The summed E-state index contributed by atoms with van der Waals surface area (Å²) in [5, 5.41) is 9.75. The van der Waals surface area contributed by atoms with Gasteiger partial charge in [0.15, 0.2) is 0 Å². The van der Waals surface area contributed by atoms with Crippen LogP contribution in [0.4, 0.5) is 5.95 Å². The fourth-order valence-corrected chi connectivity index (χ4v) is 4.61. The zero-order valence-electron chi connectivity index (χ0n) is 14.4. The van der Waals surface area contributed by atoms with Gasteiger partial charge >= 0.3 is 0 Å². The minimum atomic E-state index is -3.74. The Balaban J connectivity index is 1.82. The molecule has 0 unspecified atom stereocenters. The van der Waals surface area contributed by atoms with Crippen molar-refractivity contribution in [2.24, 2.45) is 0 Å². The quantitative estimate of drug-likeness (QED) is 0.670. The molecule has 2 aromatic rings. The highest BCUT2D eigenvalue weighted by Gasteiger charge is 2.27. The van der Waals surface area contributed by atoms with E-state index < -0.39 is 15.9 Å². The van der Waals surface area contributed by atoms with Crippen molar-refractivity contribution in [1.82, 2.24) is 19.5 Å². The molecule has 2 heterocycles. The second-order valence-corrected chi connectivity index (χ2v) is 9.09. The number of rotatable bonds is 6. The Labute approximate surface area is 165 Å². The Morgan fingerprint density at radius 1 is 1.41 bits per heavy atom. The number of anilines is 1. The standard InChI is InChI=1S/C15H18ClN5O4S2/c1-2-26-15-18-14(19-20-15)17-13(22)11-9-10(3-4-12(11)16)27(23,24)21-5-7-25-8-6-21/h3-4,9H,2,5-8H2,1H3,(H2,17,18,19,20,22). The third-order valence-electron chi connectivity index (χ3n) is 3.76. The second kappa shape index (κ2) is 8.57. The molecule has 0 spiro atoms. The molecule has 1 fully saturated rings. The third-order valence-corrected chi connectivity index (χ3v) is 6.71. The molecule has 146 valence electrons. The molecule has 1 aliphatic heterocycles. The van der Waals surface area contributed by atoms with Crippen molar-refractivity contribution in [3.63, 3.8) is 0 Å². The predicted molar refractivity (Wildman–Crippen MR) is 102 cm³/mol. The van der Waals surface area contributed by atoms with E-state index in [-0.39, 0.29) is 34.5 Å². The molecule has 2 N–H and O–H groups in total. The van der Waals surface area contributed by atoms with Gasteiger partial charge in [0, 0.05) is 13.1 Å². The monoisotopic (exact) mass is 431 g/mol. The van der Waals surface area contributed by atoms with E-state index in [1.54, 1.807) is 0 Å². The fourth-order valence-electron chi connectivity index (χ4n) is 2.45. The number of ether oxygens (including phenoxy) is 1. The highest BCUT2D eigenvalue weighted by Crippen LogP contribution is 2.24. The van der Waals surface area contributed by atoms with Crippen LogP contribution in [0.15, 0.2) is 28.3 Å². The number of morpholine rings is 1. The number of hydrogen-bond acceptors (Lipinski definition) is 7. The van der Waals surface area contributed by atoms with Gasteiger partial charge in [-0.25, -0.2) is 13.5 Å². The summed E-state index contributed by atoms with van der Waals surface area (Å²) in [6, 6.07) is 4.04. The van der Waals surface area contributed by atoms with Crippen LogP contribution < -0.4 is 5.32 Å². The van der Waals surface area contributed by atoms with Crippen LogP contribution in [-0.4, -0.2) is 65.9 Å². The summed E-state index contributed by atoms with van der Waals surface area (Å²) < 4.78 is 32.1. The minimum Gasteiger partial charge on any atom is -0.379 e. The minimum absolute atomic E-state index is 0.00116. The second-order valence-electron chi connectivity index (χ2n) is 5.51. The lowest BCUT2D eigenvalue weighted by Gasteiger charge is -2.26. The van der Waals surface area contributed by atoms with Crippen molar-refractivity contribution < 1.29 is 17.9 Å². The van der Waals surface area contributed by atoms with Crippen molar-refractivity contribution in [2.45, 2.75) is 17.0 Å². The van der Waals surface area contributed by atoms with E-state index in [4.69, 9.17) is 16.3 Å². The third kappa shape index (κ3) is 4.61. The number of hydrogen-bond donors (Lipinski definition) is 2. The molecule has 0 saturated carbocycles. The van der Waals surface area contributed by atoms with E-state index in [0.717, 1.165) is 5.75 Å². The number of aromatic nitrogens is 3. The van der Waals surface area contributed by atoms with Crippen LogP contribution in [0.3, 0.4) is 0 Å². The van der Waals surface area contributed by atoms with Crippen LogP contribution >= 0.6 is 23.4 Å². The molecule has 3 rings (SSSR count). The van der Waals surface area contributed by atoms with Crippen molar-refractivity contribution in [1.29, 1.82) is 0 Å². The maximum absolute atomic E-state index is 12.8. The number of nitrogens with zero attached hydrogens (tertiary/aromatic N) is 3. The maximum atomic E-state index is 12.8. The summed E-state index contributed by atoms with van der Waals surface area (Å²) in [4.78, 5) is 16.7. The molecule has 0 aliphatic carbocycles. The Morgan fingerprint density at radius 2 is 2.15 bits per heavy atom. The van der Waals surface area contributed by atoms with Gasteiger partial charge in [-0.1, -0.05) is 30.3 Å². The van der Waals surface area contributed by atoms with Crippen LogP contribution in [0.2, 0.25) is 5.02 Å². The number of amides is 1. The van der Waals surface area contributed by atoms with E-state index in [1.807, 2.05) is 6.92 Å². The summed E-state index contributed by atoms with van der Waals surface area (Å²) in [5.41, 5.74) is 0.0343. The number of nitrogens with one attached hydrogen (secondary N) is 2. The smallest absolute Gasteiger partial charge is 0.259 e. The topological polar surface area (TPSA) is 117 Å². The molecular formula is C15H18ClN5O4S2. The van der Waals surface area contributed by atoms with Gasteiger partial charge < -0.3 is 4.74 Å². The first-order chi connectivity index (χ1) is 12.9.